The van der Waals surface area contributed by atoms with Crippen molar-refractivity contribution in [3.63, 3.8) is 0 Å². The quantitative estimate of drug-likeness (QED) is 0.654. The minimum atomic E-state index is -0.707. The van der Waals surface area contributed by atoms with Crippen LogP contribution < -0.4 is 10.5 Å². The van der Waals surface area contributed by atoms with E-state index >= 15 is 0 Å². The second-order valence-electron chi connectivity index (χ2n) is 6.76. The van der Waals surface area contributed by atoms with Crippen molar-refractivity contribution in [3.05, 3.63) is 33.9 Å². The first kappa shape index (κ1) is 18.5. The average Bonchev–Trinajstić information content (AvgIpc) is 2.93. The van der Waals surface area contributed by atoms with Gasteiger partial charge in [0.15, 0.2) is 5.75 Å². The van der Waals surface area contributed by atoms with Crippen LogP contribution in [-0.4, -0.2) is 46.6 Å². The molecule has 0 saturated carbocycles. The first-order valence-electron chi connectivity index (χ1n) is 7.79. The summed E-state index contributed by atoms with van der Waals surface area (Å²) in [7, 11) is 0. The fraction of sp³-hybridized carbons (Fsp3) is 0.500. The molecule has 25 heavy (non-hydrogen) atoms. The molecule has 2 rings (SSSR count). The van der Waals surface area contributed by atoms with Crippen LogP contribution in [0.3, 0.4) is 0 Å². The van der Waals surface area contributed by atoms with E-state index in [0.29, 0.717) is 13.0 Å². The van der Waals surface area contributed by atoms with Gasteiger partial charge < -0.3 is 20.1 Å². The molecule has 1 aromatic carbocycles. The van der Waals surface area contributed by atoms with Gasteiger partial charge in [-0.2, -0.15) is 0 Å². The third kappa shape index (κ3) is 4.82. The third-order valence-electron chi connectivity index (χ3n) is 3.53. The predicted octanol–water partition coefficient (Wildman–Crippen LogP) is 2.08. The molecule has 1 aromatic rings. The van der Waals surface area contributed by atoms with E-state index in [4.69, 9.17) is 15.2 Å². The lowest BCUT2D eigenvalue weighted by Crippen LogP contribution is -2.36. The summed E-state index contributed by atoms with van der Waals surface area (Å²) in [5, 5.41) is 11.1. The van der Waals surface area contributed by atoms with Crippen LogP contribution >= 0.6 is 0 Å². The van der Waals surface area contributed by atoms with E-state index in [1.54, 1.807) is 20.8 Å². The Morgan fingerprint density at radius 2 is 2.04 bits per heavy atom. The number of nitrogens with two attached hydrogens (primary N) is 1. The topological polar surface area (TPSA) is 125 Å². The lowest BCUT2D eigenvalue weighted by atomic mass is 10.2. The Balaban J connectivity index is 2.10. The Morgan fingerprint density at radius 1 is 1.36 bits per heavy atom. The number of nitro benzene ring substituents is 1. The SMILES string of the molecule is CC(C)(C)OC(=O)N1CCC(Oc2cc(C(N)=O)ccc2[N+](=O)[O-])C1. The second kappa shape index (κ2) is 6.96. The maximum Gasteiger partial charge on any atom is 0.410 e. The molecule has 1 unspecified atom stereocenters. The summed E-state index contributed by atoms with van der Waals surface area (Å²) in [6.07, 6.45) is -0.398. The van der Waals surface area contributed by atoms with Gasteiger partial charge in [0.1, 0.15) is 11.7 Å². The molecule has 1 heterocycles. The zero-order chi connectivity index (χ0) is 18.8. The zero-order valence-electron chi connectivity index (χ0n) is 14.4. The number of primary amides is 1. The Hall–Kier alpha value is -2.84. The standard InChI is InChI=1S/C16H21N3O6/c1-16(2,3)25-15(21)18-7-6-11(9-18)24-13-8-10(14(17)20)4-5-12(13)19(22)23/h4-5,8,11H,6-7,9H2,1-3H3,(H2,17,20). The van der Waals surface area contributed by atoms with Crippen molar-refractivity contribution in [2.24, 2.45) is 5.73 Å². The molecule has 9 nitrogen and oxygen atoms in total. The lowest BCUT2D eigenvalue weighted by molar-refractivity contribution is -0.386. The van der Waals surface area contributed by atoms with Crippen LogP contribution in [0.15, 0.2) is 18.2 Å². The number of carbonyl (C=O) groups excluding carboxylic acids is 2. The highest BCUT2D eigenvalue weighted by Gasteiger charge is 2.32. The molecule has 0 aromatic heterocycles. The van der Waals surface area contributed by atoms with Gasteiger partial charge in [0.2, 0.25) is 5.91 Å². The van der Waals surface area contributed by atoms with Crippen LogP contribution in [-0.2, 0) is 4.74 Å². The molecule has 2 amide bonds. The normalized spacial score (nSPS) is 17.2. The number of nitrogens with zero attached hydrogens (tertiary/aromatic N) is 2. The molecular weight excluding hydrogens is 330 g/mol. The summed E-state index contributed by atoms with van der Waals surface area (Å²) in [5.41, 5.74) is 4.45. The first-order chi connectivity index (χ1) is 11.6. The van der Waals surface area contributed by atoms with Crippen molar-refractivity contribution >= 4 is 17.7 Å². The monoisotopic (exact) mass is 351 g/mol. The van der Waals surface area contributed by atoms with Crippen molar-refractivity contribution in [1.82, 2.24) is 4.90 Å². The highest BCUT2D eigenvalue weighted by molar-refractivity contribution is 5.93. The fourth-order valence-corrected chi connectivity index (χ4v) is 2.41. The molecular formula is C16H21N3O6. The molecule has 1 saturated heterocycles. The molecule has 0 aliphatic carbocycles. The second-order valence-corrected chi connectivity index (χ2v) is 6.76. The first-order valence-corrected chi connectivity index (χ1v) is 7.79. The van der Waals surface area contributed by atoms with Crippen LogP contribution in [0, 0.1) is 10.1 Å². The summed E-state index contributed by atoms with van der Waals surface area (Å²) in [6.45, 7) is 5.98. The van der Waals surface area contributed by atoms with Gasteiger partial charge in [-0.05, 0) is 26.8 Å². The van der Waals surface area contributed by atoms with Crippen molar-refractivity contribution < 1.29 is 24.0 Å². The number of hydrogen-bond donors (Lipinski definition) is 1. The van der Waals surface area contributed by atoms with E-state index in [-0.39, 0.29) is 23.5 Å². The van der Waals surface area contributed by atoms with E-state index in [2.05, 4.69) is 0 Å². The Morgan fingerprint density at radius 3 is 2.60 bits per heavy atom. The van der Waals surface area contributed by atoms with E-state index in [9.17, 15) is 19.7 Å². The smallest absolute Gasteiger partial charge is 0.410 e. The van der Waals surface area contributed by atoms with Gasteiger partial charge in [-0.3, -0.25) is 14.9 Å². The molecule has 0 spiro atoms. The largest absolute Gasteiger partial charge is 0.482 e. The molecule has 0 radical (unpaired) electrons. The zero-order valence-corrected chi connectivity index (χ0v) is 14.4. The van der Waals surface area contributed by atoms with Crippen LogP contribution in [0.25, 0.3) is 0 Å². The number of benzene rings is 1. The number of ether oxygens (including phenoxy) is 2. The van der Waals surface area contributed by atoms with E-state index in [0.717, 1.165) is 0 Å². The van der Waals surface area contributed by atoms with Crippen LogP contribution in [0.5, 0.6) is 5.75 Å². The van der Waals surface area contributed by atoms with E-state index < -0.39 is 28.6 Å². The predicted molar refractivity (Wildman–Crippen MR) is 88.5 cm³/mol. The molecule has 1 aliphatic heterocycles. The van der Waals surface area contributed by atoms with Gasteiger partial charge >= 0.3 is 11.8 Å². The van der Waals surface area contributed by atoms with E-state index in [1.165, 1.54) is 23.1 Å². The molecule has 0 bridgehead atoms. The van der Waals surface area contributed by atoms with Crippen LogP contribution in [0.4, 0.5) is 10.5 Å². The molecule has 2 N–H and O–H groups in total. The molecule has 1 atom stereocenters. The van der Waals surface area contributed by atoms with Gasteiger partial charge in [0.25, 0.3) is 0 Å². The summed E-state index contributed by atoms with van der Waals surface area (Å²) in [5.74, 6) is -0.751. The number of hydrogen-bond acceptors (Lipinski definition) is 6. The average molecular weight is 351 g/mol. The maximum atomic E-state index is 12.1. The number of nitro groups is 1. The van der Waals surface area contributed by atoms with Gasteiger partial charge in [-0.1, -0.05) is 0 Å². The van der Waals surface area contributed by atoms with Crippen LogP contribution in [0.1, 0.15) is 37.6 Å². The summed E-state index contributed by atoms with van der Waals surface area (Å²) in [4.78, 5) is 35.3. The van der Waals surface area contributed by atoms with Gasteiger partial charge in [-0.25, -0.2) is 4.79 Å². The number of rotatable bonds is 4. The minimum absolute atomic E-state index is 0.0441. The van der Waals surface area contributed by atoms with Gasteiger partial charge in [0, 0.05) is 30.7 Å². The number of carbonyl (C=O) groups is 2. The lowest BCUT2D eigenvalue weighted by Gasteiger charge is -2.24. The Bertz CT molecular complexity index is 698. The summed E-state index contributed by atoms with van der Waals surface area (Å²) in [6, 6.07) is 3.70. The van der Waals surface area contributed by atoms with Crippen LogP contribution in [0.2, 0.25) is 0 Å². The Labute approximate surface area is 144 Å². The number of amides is 2. The third-order valence-corrected chi connectivity index (χ3v) is 3.53. The molecule has 136 valence electrons. The van der Waals surface area contributed by atoms with E-state index in [1.807, 2.05) is 0 Å². The Kier molecular flexibility index (Phi) is 5.15. The fourth-order valence-electron chi connectivity index (χ4n) is 2.41. The molecule has 1 fully saturated rings. The summed E-state index contributed by atoms with van der Waals surface area (Å²) < 4.78 is 11.0. The minimum Gasteiger partial charge on any atom is -0.482 e. The van der Waals surface area contributed by atoms with Crippen molar-refractivity contribution in [2.75, 3.05) is 13.1 Å². The van der Waals surface area contributed by atoms with Crippen molar-refractivity contribution in [3.8, 4) is 5.75 Å². The number of likely N-dealkylation sites (tertiary alicyclic amines) is 1. The molecule has 1 aliphatic rings. The summed E-state index contributed by atoms with van der Waals surface area (Å²) >= 11 is 0. The highest BCUT2D eigenvalue weighted by Crippen LogP contribution is 2.30. The van der Waals surface area contributed by atoms with Gasteiger partial charge in [-0.15, -0.1) is 0 Å². The van der Waals surface area contributed by atoms with Crippen molar-refractivity contribution in [1.29, 1.82) is 0 Å². The van der Waals surface area contributed by atoms with Gasteiger partial charge in [0.05, 0.1) is 11.5 Å². The maximum absolute atomic E-state index is 12.1. The van der Waals surface area contributed by atoms with Crippen molar-refractivity contribution in [2.45, 2.75) is 38.9 Å². The highest BCUT2D eigenvalue weighted by atomic mass is 16.6. The molecule has 9 heteroatoms.